The lowest BCUT2D eigenvalue weighted by Gasteiger charge is -2.48. The molecule has 0 unspecified atom stereocenters. The first-order valence-electron chi connectivity index (χ1n) is 2.34. The van der Waals surface area contributed by atoms with Crippen LogP contribution in [-0.2, 0) is 0 Å². The summed E-state index contributed by atoms with van der Waals surface area (Å²) in [5, 5.41) is 19.1. The lowest BCUT2D eigenvalue weighted by Crippen LogP contribution is -2.59. The molecule has 1 rings (SSSR count). The van der Waals surface area contributed by atoms with Gasteiger partial charge in [0.15, 0.2) is 6.10 Å². The van der Waals surface area contributed by atoms with Crippen LogP contribution in [0.15, 0.2) is 0 Å². The van der Waals surface area contributed by atoms with Crippen LogP contribution in [0, 0.1) is 5.21 Å². The van der Waals surface area contributed by atoms with Crippen LogP contribution in [0.5, 0.6) is 0 Å². The Bertz CT molecular complexity index is 73.8. The normalized spacial score (nSPS) is 51.0. The molecule has 1 aliphatic rings. The Morgan fingerprint density at radius 1 is 1.71 bits per heavy atom. The molecule has 0 saturated carbocycles. The predicted octanol–water partition coefficient (Wildman–Crippen LogP) is -0.695. The summed E-state index contributed by atoms with van der Waals surface area (Å²) in [7, 11) is 1.56. The van der Waals surface area contributed by atoms with Gasteiger partial charge < -0.3 is 15.0 Å². The molecule has 0 spiro atoms. The molecule has 1 N–H and O–H groups in total. The summed E-state index contributed by atoms with van der Waals surface area (Å²) in [4.78, 5) is 0. The van der Waals surface area contributed by atoms with Gasteiger partial charge in [0, 0.05) is 0 Å². The van der Waals surface area contributed by atoms with Crippen LogP contribution in [0.3, 0.4) is 0 Å². The first kappa shape index (κ1) is 5.03. The maximum atomic E-state index is 10.5. The van der Waals surface area contributed by atoms with E-state index in [1.54, 1.807) is 7.05 Å². The topological polar surface area (TPSA) is 43.3 Å². The van der Waals surface area contributed by atoms with Gasteiger partial charge in [0.1, 0.15) is 13.1 Å². The number of quaternary nitrogens is 1. The second-order valence-electron chi connectivity index (χ2n) is 2.32. The van der Waals surface area contributed by atoms with Crippen LogP contribution in [0.25, 0.3) is 0 Å². The molecule has 1 fully saturated rings. The molecule has 0 aromatic heterocycles. The smallest absolute Gasteiger partial charge is 0.152 e. The van der Waals surface area contributed by atoms with Crippen molar-refractivity contribution < 1.29 is 9.75 Å². The summed E-state index contributed by atoms with van der Waals surface area (Å²) in [6.07, 6.45) is -0.331. The highest BCUT2D eigenvalue weighted by atomic mass is 16.6. The third kappa shape index (κ3) is 0.907. The molecule has 0 bridgehead atoms. The number of nitrogens with zero attached hydrogens (tertiary/aromatic N) is 1. The number of aliphatic hydroxyl groups is 1. The van der Waals surface area contributed by atoms with Crippen molar-refractivity contribution in [3.63, 3.8) is 0 Å². The van der Waals surface area contributed by atoms with Gasteiger partial charge in [-0.3, -0.25) is 0 Å². The minimum Gasteiger partial charge on any atom is -0.633 e. The molecule has 42 valence electrons. The van der Waals surface area contributed by atoms with Gasteiger partial charge in [-0.2, -0.15) is 0 Å². The maximum absolute atomic E-state index is 10.5. The predicted molar refractivity (Wildman–Crippen MR) is 25.3 cm³/mol. The molecule has 0 atom stereocenters. The molecule has 0 amide bonds. The van der Waals surface area contributed by atoms with Gasteiger partial charge in [0.25, 0.3) is 0 Å². The van der Waals surface area contributed by atoms with Crippen LogP contribution in [0.1, 0.15) is 0 Å². The van der Waals surface area contributed by atoms with Crippen molar-refractivity contribution in [1.29, 1.82) is 0 Å². The molecular weight excluding hydrogens is 94.0 g/mol. The van der Waals surface area contributed by atoms with E-state index in [1.807, 2.05) is 0 Å². The minimum atomic E-state index is -0.331. The van der Waals surface area contributed by atoms with Gasteiger partial charge in [-0.1, -0.05) is 0 Å². The summed E-state index contributed by atoms with van der Waals surface area (Å²) in [6.45, 7) is 0.750. The highest BCUT2D eigenvalue weighted by Gasteiger charge is 2.31. The first-order valence-corrected chi connectivity index (χ1v) is 2.34. The number of hydrogen-bond acceptors (Lipinski definition) is 2. The third-order valence-corrected chi connectivity index (χ3v) is 1.19. The van der Waals surface area contributed by atoms with E-state index < -0.39 is 0 Å². The lowest BCUT2D eigenvalue weighted by atomic mass is 10.2. The van der Waals surface area contributed by atoms with E-state index in [2.05, 4.69) is 0 Å². The molecule has 3 nitrogen and oxygen atoms in total. The van der Waals surface area contributed by atoms with Gasteiger partial charge in [0.2, 0.25) is 0 Å². The second kappa shape index (κ2) is 1.18. The summed E-state index contributed by atoms with van der Waals surface area (Å²) in [5.41, 5.74) is 0. The Hall–Kier alpha value is -0.120. The molecule has 0 aliphatic carbocycles. The molecule has 7 heavy (non-hydrogen) atoms. The maximum Gasteiger partial charge on any atom is 0.152 e. The van der Waals surface area contributed by atoms with Crippen molar-refractivity contribution in [1.82, 2.24) is 0 Å². The van der Waals surface area contributed by atoms with E-state index in [0.717, 1.165) is 0 Å². The van der Waals surface area contributed by atoms with E-state index in [9.17, 15) is 5.21 Å². The standard InChI is InChI=1S/C4H9NO2/c1-5(7)2-4(6)3-5/h4,6H,2-3H2,1H3. The molecule has 3 heteroatoms. The summed E-state index contributed by atoms with van der Waals surface area (Å²) in [5.74, 6) is 0. The largest absolute Gasteiger partial charge is 0.633 e. The van der Waals surface area contributed by atoms with Crippen LogP contribution < -0.4 is 0 Å². The summed E-state index contributed by atoms with van der Waals surface area (Å²) < 4.78 is -0.263. The van der Waals surface area contributed by atoms with Crippen molar-refractivity contribution >= 4 is 0 Å². The van der Waals surface area contributed by atoms with Gasteiger partial charge >= 0.3 is 0 Å². The first-order chi connectivity index (χ1) is 3.10. The average Bonchev–Trinajstić information content (AvgIpc) is 1.27. The molecule has 0 aromatic carbocycles. The van der Waals surface area contributed by atoms with Gasteiger partial charge in [-0.05, 0) is 0 Å². The number of hydrogen-bond donors (Lipinski definition) is 1. The Balaban J connectivity index is 2.29. The highest BCUT2D eigenvalue weighted by molar-refractivity contribution is 4.63. The zero-order chi connectivity index (χ0) is 5.49. The summed E-state index contributed by atoms with van der Waals surface area (Å²) >= 11 is 0. The Labute approximate surface area is 42.3 Å². The zero-order valence-corrected chi connectivity index (χ0v) is 4.29. The third-order valence-electron chi connectivity index (χ3n) is 1.19. The van der Waals surface area contributed by atoms with Crippen molar-refractivity contribution in [2.75, 3.05) is 20.1 Å². The molecular formula is C4H9NO2. The highest BCUT2D eigenvalue weighted by Crippen LogP contribution is 2.13. The van der Waals surface area contributed by atoms with E-state index in [-0.39, 0.29) is 10.8 Å². The number of aliphatic hydroxyl groups excluding tert-OH is 1. The fourth-order valence-corrected chi connectivity index (χ4v) is 0.838. The number of hydroxylamine groups is 3. The molecule has 1 heterocycles. The molecule has 1 saturated heterocycles. The fourth-order valence-electron chi connectivity index (χ4n) is 0.838. The molecule has 0 aromatic rings. The monoisotopic (exact) mass is 103 g/mol. The van der Waals surface area contributed by atoms with E-state index in [1.165, 1.54) is 0 Å². The average molecular weight is 103 g/mol. The van der Waals surface area contributed by atoms with Gasteiger partial charge in [-0.15, -0.1) is 0 Å². The second-order valence-corrected chi connectivity index (χ2v) is 2.32. The van der Waals surface area contributed by atoms with E-state index >= 15 is 0 Å². The number of rotatable bonds is 0. The fraction of sp³-hybridized carbons (Fsp3) is 1.00. The van der Waals surface area contributed by atoms with Crippen molar-refractivity contribution in [3.8, 4) is 0 Å². The Kier molecular flexibility index (Phi) is 0.849. The van der Waals surface area contributed by atoms with E-state index in [0.29, 0.717) is 13.1 Å². The van der Waals surface area contributed by atoms with Crippen LogP contribution in [0.2, 0.25) is 0 Å². The minimum absolute atomic E-state index is 0.263. The van der Waals surface area contributed by atoms with Crippen LogP contribution >= 0.6 is 0 Å². The lowest BCUT2D eigenvalue weighted by molar-refractivity contribution is -0.910. The number of likely N-dealkylation sites (tertiary alicyclic amines) is 1. The van der Waals surface area contributed by atoms with Crippen LogP contribution in [0.4, 0.5) is 0 Å². The SMILES string of the molecule is C[N+]1([O-])CC(O)C1. The van der Waals surface area contributed by atoms with Gasteiger partial charge in [0.05, 0.1) is 7.05 Å². The molecule has 0 radical (unpaired) electrons. The van der Waals surface area contributed by atoms with Crippen molar-refractivity contribution in [2.24, 2.45) is 0 Å². The molecule has 1 aliphatic heterocycles. The van der Waals surface area contributed by atoms with Crippen molar-refractivity contribution in [2.45, 2.75) is 6.10 Å². The zero-order valence-electron chi connectivity index (χ0n) is 4.29. The van der Waals surface area contributed by atoms with Crippen LogP contribution in [-0.4, -0.2) is 36.0 Å². The van der Waals surface area contributed by atoms with Crippen molar-refractivity contribution in [3.05, 3.63) is 5.21 Å². The van der Waals surface area contributed by atoms with E-state index in [4.69, 9.17) is 5.11 Å². The quantitative estimate of drug-likeness (QED) is 0.325. The number of likely N-dealkylation sites (N-methyl/N-ethyl adjacent to an activating group) is 1. The Morgan fingerprint density at radius 3 is 2.14 bits per heavy atom. The summed E-state index contributed by atoms with van der Waals surface area (Å²) in [6, 6.07) is 0. The van der Waals surface area contributed by atoms with Gasteiger partial charge in [-0.25, -0.2) is 0 Å². The Morgan fingerprint density at radius 2 is 2.14 bits per heavy atom.